The molecule has 0 aliphatic carbocycles. The van der Waals surface area contributed by atoms with Crippen molar-refractivity contribution in [2.24, 2.45) is 0 Å². The Morgan fingerprint density at radius 3 is 2.83 bits per heavy atom. The van der Waals surface area contributed by atoms with Crippen molar-refractivity contribution >= 4 is 35.2 Å². The highest BCUT2D eigenvalue weighted by Gasteiger charge is 2.02. The first-order valence-electron chi connectivity index (χ1n) is 5.22. The zero-order valence-corrected chi connectivity index (χ0v) is 12.2. The summed E-state index contributed by atoms with van der Waals surface area (Å²) in [5, 5.41) is 1.47. The second-order valence-corrected chi connectivity index (χ2v) is 5.38. The molecule has 0 aromatic carbocycles. The largest absolute Gasteiger partial charge is 0.384 e. The van der Waals surface area contributed by atoms with Crippen LogP contribution in [0.3, 0.4) is 0 Å². The maximum atomic E-state index is 11.3. The van der Waals surface area contributed by atoms with Crippen molar-refractivity contribution < 1.29 is 4.79 Å². The van der Waals surface area contributed by atoms with Gasteiger partial charge in [0, 0.05) is 25.9 Å². The van der Waals surface area contributed by atoms with Crippen LogP contribution in [-0.2, 0) is 4.79 Å². The van der Waals surface area contributed by atoms with Gasteiger partial charge >= 0.3 is 0 Å². The third-order valence-electron chi connectivity index (χ3n) is 1.92. The summed E-state index contributed by atoms with van der Waals surface area (Å²) in [6, 6.07) is 1.74. The van der Waals surface area contributed by atoms with E-state index < -0.39 is 0 Å². The van der Waals surface area contributed by atoms with E-state index in [1.807, 2.05) is 6.26 Å². The molecule has 7 heteroatoms. The van der Waals surface area contributed by atoms with Crippen LogP contribution in [-0.4, -0.2) is 46.9 Å². The lowest BCUT2D eigenvalue weighted by Crippen LogP contribution is -2.18. The fourth-order valence-corrected chi connectivity index (χ4v) is 2.16. The number of anilines is 1. The highest BCUT2D eigenvalue weighted by Crippen LogP contribution is 2.20. The Morgan fingerprint density at radius 1 is 1.50 bits per heavy atom. The van der Waals surface area contributed by atoms with Crippen LogP contribution in [0.4, 0.5) is 5.82 Å². The fourth-order valence-electron chi connectivity index (χ4n) is 1.01. The van der Waals surface area contributed by atoms with Crippen LogP contribution in [0.1, 0.15) is 0 Å². The SMILES string of the molecule is CSc1cc(N)nc(SC/C=C/C(=O)N(C)C)n1. The van der Waals surface area contributed by atoms with Crippen molar-refractivity contribution in [1.29, 1.82) is 0 Å². The van der Waals surface area contributed by atoms with Gasteiger partial charge in [-0.15, -0.1) is 11.8 Å². The Morgan fingerprint density at radius 2 is 2.22 bits per heavy atom. The first kappa shape index (κ1) is 14.8. The van der Waals surface area contributed by atoms with E-state index in [9.17, 15) is 4.79 Å². The van der Waals surface area contributed by atoms with Crippen molar-refractivity contribution in [3.05, 3.63) is 18.2 Å². The molecule has 5 nitrogen and oxygen atoms in total. The van der Waals surface area contributed by atoms with E-state index in [-0.39, 0.29) is 5.91 Å². The van der Waals surface area contributed by atoms with E-state index in [4.69, 9.17) is 5.73 Å². The minimum atomic E-state index is -0.0334. The highest BCUT2D eigenvalue weighted by molar-refractivity contribution is 7.99. The van der Waals surface area contributed by atoms with Gasteiger partial charge in [-0.2, -0.15) is 0 Å². The molecule has 0 atom stereocenters. The number of carbonyl (C=O) groups excluding carboxylic acids is 1. The number of amides is 1. The predicted molar refractivity (Wildman–Crippen MR) is 76.8 cm³/mol. The van der Waals surface area contributed by atoms with Crippen LogP contribution in [0, 0.1) is 0 Å². The van der Waals surface area contributed by atoms with Gasteiger partial charge in [-0.05, 0) is 12.3 Å². The number of hydrogen-bond donors (Lipinski definition) is 1. The molecule has 0 fully saturated rings. The molecule has 1 amide bonds. The number of carbonyl (C=O) groups is 1. The summed E-state index contributed by atoms with van der Waals surface area (Å²) >= 11 is 2.97. The summed E-state index contributed by atoms with van der Waals surface area (Å²) in [4.78, 5) is 21.2. The minimum absolute atomic E-state index is 0.0334. The molecular weight excluding hydrogens is 268 g/mol. The van der Waals surface area contributed by atoms with Gasteiger partial charge in [0.15, 0.2) is 5.16 Å². The van der Waals surface area contributed by atoms with Gasteiger partial charge < -0.3 is 10.6 Å². The summed E-state index contributed by atoms with van der Waals surface area (Å²) in [6.07, 6.45) is 5.26. The monoisotopic (exact) mass is 284 g/mol. The van der Waals surface area contributed by atoms with Crippen molar-refractivity contribution in [3.8, 4) is 0 Å². The van der Waals surface area contributed by atoms with Gasteiger partial charge in [-0.25, -0.2) is 9.97 Å². The smallest absolute Gasteiger partial charge is 0.245 e. The average Bonchev–Trinajstić information content (AvgIpc) is 2.33. The van der Waals surface area contributed by atoms with Crippen molar-refractivity contribution in [2.45, 2.75) is 10.2 Å². The third-order valence-corrected chi connectivity index (χ3v) is 3.35. The predicted octanol–water partition coefficient (Wildman–Crippen LogP) is 1.52. The Labute approximate surface area is 115 Å². The average molecular weight is 284 g/mol. The van der Waals surface area contributed by atoms with Crippen LogP contribution in [0.2, 0.25) is 0 Å². The summed E-state index contributed by atoms with van der Waals surface area (Å²) in [7, 11) is 3.43. The van der Waals surface area contributed by atoms with Crippen LogP contribution < -0.4 is 5.73 Å². The van der Waals surface area contributed by atoms with Crippen LogP contribution in [0.15, 0.2) is 28.4 Å². The maximum absolute atomic E-state index is 11.3. The first-order valence-corrected chi connectivity index (χ1v) is 7.43. The first-order chi connectivity index (χ1) is 8.52. The normalized spacial score (nSPS) is 10.8. The van der Waals surface area contributed by atoms with E-state index in [0.717, 1.165) is 5.03 Å². The lowest BCUT2D eigenvalue weighted by molar-refractivity contribution is -0.123. The molecule has 0 bridgehead atoms. The molecule has 1 rings (SSSR count). The molecular formula is C11H16N4OS2. The minimum Gasteiger partial charge on any atom is -0.384 e. The number of likely N-dealkylation sites (N-methyl/N-ethyl adjacent to an activating group) is 1. The molecule has 1 aromatic rings. The molecule has 1 aromatic heterocycles. The van der Waals surface area contributed by atoms with Crippen molar-refractivity contribution in [2.75, 3.05) is 31.8 Å². The van der Waals surface area contributed by atoms with Crippen LogP contribution in [0.5, 0.6) is 0 Å². The van der Waals surface area contributed by atoms with Gasteiger partial charge in [0.2, 0.25) is 5.91 Å². The molecule has 0 spiro atoms. The van der Waals surface area contributed by atoms with E-state index in [2.05, 4.69) is 9.97 Å². The number of aromatic nitrogens is 2. The highest BCUT2D eigenvalue weighted by atomic mass is 32.2. The molecule has 0 saturated carbocycles. The second kappa shape index (κ2) is 7.27. The topological polar surface area (TPSA) is 72.1 Å². The second-order valence-electron chi connectivity index (χ2n) is 3.56. The number of thioether (sulfide) groups is 2. The van der Waals surface area contributed by atoms with E-state index in [1.165, 1.54) is 34.5 Å². The molecule has 1 heterocycles. The van der Waals surface area contributed by atoms with Gasteiger partial charge in [0.05, 0.1) is 0 Å². The number of nitrogen functional groups attached to an aromatic ring is 1. The standard InChI is InChI=1S/C11H16N4OS2/c1-15(2)10(16)5-4-6-18-11-13-8(12)7-9(14-11)17-3/h4-5,7H,6H2,1-3H3,(H2,12,13,14)/b5-4+. The number of nitrogens with two attached hydrogens (primary N) is 1. The van der Waals surface area contributed by atoms with Crippen LogP contribution >= 0.6 is 23.5 Å². The van der Waals surface area contributed by atoms with Gasteiger partial charge in [-0.1, -0.05) is 17.8 Å². The van der Waals surface area contributed by atoms with E-state index >= 15 is 0 Å². The zero-order valence-electron chi connectivity index (χ0n) is 10.6. The summed E-state index contributed by atoms with van der Waals surface area (Å²) in [5.74, 6) is 1.07. The lowest BCUT2D eigenvalue weighted by Gasteiger charge is -2.05. The molecule has 18 heavy (non-hydrogen) atoms. The summed E-state index contributed by atoms with van der Waals surface area (Å²) in [5.41, 5.74) is 5.67. The summed E-state index contributed by atoms with van der Waals surface area (Å²) < 4.78 is 0. The Kier molecular flexibility index (Phi) is 6.00. The maximum Gasteiger partial charge on any atom is 0.245 e. The Balaban J connectivity index is 2.54. The van der Waals surface area contributed by atoms with E-state index in [0.29, 0.717) is 16.7 Å². The molecule has 0 aliphatic rings. The Hall–Kier alpha value is -1.21. The van der Waals surface area contributed by atoms with E-state index in [1.54, 1.807) is 26.2 Å². The lowest BCUT2D eigenvalue weighted by atomic mass is 10.5. The molecule has 98 valence electrons. The van der Waals surface area contributed by atoms with Crippen molar-refractivity contribution in [3.63, 3.8) is 0 Å². The van der Waals surface area contributed by atoms with Crippen molar-refractivity contribution in [1.82, 2.24) is 14.9 Å². The molecule has 0 saturated heterocycles. The van der Waals surface area contributed by atoms with Crippen LogP contribution in [0.25, 0.3) is 0 Å². The fraction of sp³-hybridized carbons (Fsp3) is 0.364. The number of rotatable bonds is 5. The number of hydrogen-bond acceptors (Lipinski definition) is 6. The molecule has 0 unspecified atom stereocenters. The molecule has 0 aliphatic heterocycles. The molecule has 0 radical (unpaired) electrons. The van der Waals surface area contributed by atoms with Gasteiger partial charge in [0.1, 0.15) is 10.8 Å². The number of nitrogens with zero attached hydrogens (tertiary/aromatic N) is 3. The quantitative estimate of drug-likeness (QED) is 0.382. The third kappa shape index (κ3) is 4.97. The van der Waals surface area contributed by atoms with Gasteiger partial charge in [0.25, 0.3) is 0 Å². The van der Waals surface area contributed by atoms with Gasteiger partial charge in [-0.3, -0.25) is 4.79 Å². The Bertz CT molecular complexity index is 449. The zero-order chi connectivity index (χ0) is 13.5. The molecule has 2 N–H and O–H groups in total. The summed E-state index contributed by atoms with van der Waals surface area (Å²) in [6.45, 7) is 0.